The van der Waals surface area contributed by atoms with Crippen molar-refractivity contribution in [2.75, 3.05) is 13.1 Å². The van der Waals surface area contributed by atoms with Gasteiger partial charge in [0.15, 0.2) is 5.78 Å². The van der Waals surface area contributed by atoms with Crippen LogP contribution in [0.15, 0.2) is 30.3 Å². The molecular formula is C20H15Cl2F2NO3. The van der Waals surface area contributed by atoms with Crippen molar-refractivity contribution in [1.29, 1.82) is 0 Å². The topological polar surface area (TPSA) is 46.6 Å². The first kappa shape index (κ1) is 19.2. The number of likely N-dealkylation sites (tertiary alicyclic amines) is 1. The Bertz CT molecular complexity index is 988. The minimum absolute atomic E-state index is 0.116. The smallest absolute Gasteiger partial charge is 0.256 e. The molecule has 0 N–H and O–H groups in total. The van der Waals surface area contributed by atoms with Crippen LogP contribution < -0.4 is 4.74 Å². The molecule has 0 unspecified atom stereocenters. The quantitative estimate of drug-likeness (QED) is 0.651. The Hall–Kier alpha value is -2.18. The molecule has 1 saturated heterocycles. The molecule has 2 heterocycles. The highest BCUT2D eigenvalue weighted by Gasteiger charge is 2.44. The number of ether oxygens (including phenoxy) is 1. The van der Waals surface area contributed by atoms with Gasteiger partial charge in [0.2, 0.25) is 0 Å². The molecule has 8 heteroatoms. The summed E-state index contributed by atoms with van der Waals surface area (Å²) in [6, 6.07) is 5.93. The van der Waals surface area contributed by atoms with E-state index in [1.807, 2.05) is 0 Å². The molecule has 0 atom stereocenters. The van der Waals surface area contributed by atoms with E-state index in [0.717, 1.165) is 12.1 Å². The van der Waals surface area contributed by atoms with E-state index in [9.17, 15) is 18.4 Å². The van der Waals surface area contributed by atoms with Crippen molar-refractivity contribution in [3.05, 3.63) is 63.1 Å². The van der Waals surface area contributed by atoms with Crippen molar-refractivity contribution in [3.63, 3.8) is 0 Å². The normalized spacial score (nSPS) is 18.0. The third kappa shape index (κ3) is 3.35. The van der Waals surface area contributed by atoms with Gasteiger partial charge in [-0.15, -0.1) is 0 Å². The van der Waals surface area contributed by atoms with Crippen molar-refractivity contribution < 1.29 is 23.1 Å². The van der Waals surface area contributed by atoms with E-state index < -0.39 is 23.1 Å². The molecule has 28 heavy (non-hydrogen) atoms. The molecule has 2 aliphatic heterocycles. The number of Topliss-reactive ketones (excluding diaryl/α,β-unsaturated/α-hetero) is 1. The zero-order valence-electron chi connectivity index (χ0n) is 14.6. The number of rotatable bonds is 1. The molecule has 0 aromatic heterocycles. The van der Waals surface area contributed by atoms with Crippen molar-refractivity contribution in [3.8, 4) is 5.75 Å². The van der Waals surface area contributed by atoms with Crippen LogP contribution in [0.25, 0.3) is 0 Å². The second-order valence-electron chi connectivity index (χ2n) is 7.07. The summed E-state index contributed by atoms with van der Waals surface area (Å²) in [6.45, 7) is 0.562. The lowest BCUT2D eigenvalue weighted by Gasteiger charge is -2.44. The van der Waals surface area contributed by atoms with Gasteiger partial charge in [-0.25, -0.2) is 8.78 Å². The van der Waals surface area contributed by atoms with Crippen LogP contribution in [0, 0.1) is 11.6 Å². The summed E-state index contributed by atoms with van der Waals surface area (Å²) in [7, 11) is 0. The van der Waals surface area contributed by atoms with Gasteiger partial charge in [-0.2, -0.15) is 0 Å². The number of fused-ring (bicyclic) bond motifs is 1. The minimum atomic E-state index is -0.896. The van der Waals surface area contributed by atoms with E-state index in [1.54, 1.807) is 0 Å². The van der Waals surface area contributed by atoms with Crippen LogP contribution in [0.2, 0.25) is 10.0 Å². The van der Waals surface area contributed by atoms with Crippen LogP contribution in [-0.4, -0.2) is 35.3 Å². The number of nitrogens with zero attached hydrogens (tertiary/aromatic N) is 1. The van der Waals surface area contributed by atoms with Crippen LogP contribution in [-0.2, 0) is 0 Å². The predicted molar refractivity (Wildman–Crippen MR) is 100 cm³/mol. The van der Waals surface area contributed by atoms with Gasteiger partial charge >= 0.3 is 0 Å². The number of halogens is 4. The third-order valence-electron chi connectivity index (χ3n) is 5.23. The van der Waals surface area contributed by atoms with Gasteiger partial charge in [0.25, 0.3) is 5.91 Å². The molecule has 0 saturated carbocycles. The van der Waals surface area contributed by atoms with Crippen LogP contribution in [0.5, 0.6) is 5.75 Å². The van der Waals surface area contributed by atoms with Gasteiger partial charge in [-0.3, -0.25) is 9.59 Å². The highest BCUT2D eigenvalue weighted by molar-refractivity contribution is 6.36. The highest BCUT2D eigenvalue weighted by atomic mass is 35.5. The molecule has 146 valence electrons. The Morgan fingerprint density at radius 1 is 1.11 bits per heavy atom. The fraction of sp³-hybridized carbons (Fsp3) is 0.300. The van der Waals surface area contributed by atoms with E-state index in [-0.39, 0.29) is 35.9 Å². The van der Waals surface area contributed by atoms with E-state index in [4.69, 9.17) is 27.9 Å². The second kappa shape index (κ2) is 7.01. The lowest BCUT2D eigenvalue weighted by Crippen LogP contribution is -2.52. The first-order chi connectivity index (χ1) is 13.3. The van der Waals surface area contributed by atoms with Crippen LogP contribution in [0.3, 0.4) is 0 Å². The summed E-state index contributed by atoms with van der Waals surface area (Å²) in [5, 5.41) is 0.625. The Labute approximate surface area is 170 Å². The second-order valence-corrected chi connectivity index (χ2v) is 7.91. The van der Waals surface area contributed by atoms with Gasteiger partial charge in [0.05, 0.1) is 22.6 Å². The van der Waals surface area contributed by atoms with Gasteiger partial charge in [-0.05, 0) is 24.3 Å². The monoisotopic (exact) mass is 425 g/mol. The lowest BCUT2D eigenvalue weighted by molar-refractivity contribution is -0.00573. The van der Waals surface area contributed by atoms with E-state index in [2.05, 4.69) is 0 Å². The maximum Gasteiger partial charge on any atom is 0.256 e. The summed E-state index contributed by atoms with van der Waals surface area (Å²) >= 11 is 12.2. The molecule has 4 nitrogen and oxygen atoms in total. The molecule has 4 rings (SSSR count). The zero-order valence-corrected chi connectivity index (χ0v) is 16.1. The van der Waals surface area contributed by atoms with Crippen LogP contribution >= 0.6 is 23.2 Å². The summed E-state index contributed by atoms with van der Waals surface area (Å²) in [6.07, 6.45) is 0.945. The number of carbonyl (C=O) groups excluding carboxylic acids is 2. The molecule has 1 fully saturated rings. The number of benzene rings is 2. The Morgan fingerprint density at radius 3 is 2.50 bits per heavy atom. The summed E-state index contributed by atoms with van der Waals surface area (Å²) in [5.74, 6) is -1.95. The Kier molecular flexibility index (Phi) is 4.79. The zero-order chi connectivity index (χ0) is 20.1. The highest BCUT2D eigenvalue weighted by Crippen LogP contribution is 2.44. The molecule has 2 aromatic rings. The maximum absolute atomic E-state index is 13.9. The summed E-state index contributed by atoms with van der Waals surface area (Å²) in [4.78, 5) is 26.7. The molecule has 1 amide bonds. The summed E-state index contributed by atoms with van der Waals surface area (Å²) in [5.41, 5.74) is -0.587. The summed E-state index contributed by atoms with van der Waals surface area (Å²) < 4.78 is 33.1. The number of piperidine rings is 1. The molecule has 0 radical (unpaired) electrons. The van der Waals surface area contributed by atoms with Crippen LogP contribution in [0.1, 0.15) is 40.0 Å². The fourth-order valence-electron chi connectivity index (χ4n) is 3.74. The predicted octanol–water partition coefficient (Wildman–Crippen LogP) is 4.91. The van der Waals surface area contributed by atoms with Crippen molar-refractivity contribution in [1.82, 2.24) is 4.90 Å². The number of carbonyl (C=O) groups is 2. The lowest BCUT2D eigenvalue weighted by atomic mass is 9.82. The van der Waals surface area contributed by atoms with Crippen LogP contribution in [0.4, 0.5) is 8.78 Å². The minimum Gasteiger partial charge on any atom is -0.484 e. The van der Waals surface area contributed by atoms with Gasteiger partial charge < -0.3 is 9.64 Å². The largest absolute Gasteiger partial charge is 0.484 e. The van der Waals surface area contributed by atoms with E-state index in [1.165, 1.54) is 17.0 Å². The SMILES string of the molecule is O=C1CC2(CCN(C(=O)c3ccc(F)cc3F)CC2)Oc2c(Cl)cc(Cl)cc21. The van der Waals surface area contributed by atoms with Gasteiger partial charge in [-0.1, -0.05) is 23.2 Å². The maximum atomic E-state index is 13.9. The Morgan fingerprint density at radius 2 is 1.82 bits per heavy atom. The third-order valence-corrected chi connectivity index (χ3v) is 5.73. The van der Waals surface area contributed by atoms with E-state index >= 15 is 0 Å². The van der Waals surface area contributed by atoms with Crippen molar-refractivity contribution >= 4 is 34.9 Å². The molecular weight excluding hydrogens is 411 g/mol. The average Bonchev–Trinajstić information content (AvgIpc) is 2.63. The van der Waals surface area contributed by atoms with Crippen molar-refractivity contribution in [2.24, 2.45) is 0 Å². The number of hydrogen-bond donors (Lipinski definition) is 0. The fourth-order valence-corrected chi connectivity index (χ4v) is 4.27. The molecule has 0 bridgehead atoms. The van der Waals surface area contributed by atoms with E-state index in [0.29, 0.717) is 35.2 Å². The van der Waals surface area contributed by atoms with Gasteiger partial charge in [0.1, 0.15) is 23.0 Å². The first-order valence-electron chi connectivity index (χ1n) is 8.74. The number of amides is 1. The van der Waals surface area contributed by atoms with Crippen molar-refractivity contribution in [2.45, 2.75) is 24.9 Å². The standard InChI is InChI=1S/C20H15Cl2F2NO3/c21-11-7-14-17(26)10-20(28-18(14)15(22)8-11)3-5-25(6-4-20)19(27)13-2-1-12(23)9-16(13)24/h1-2,7-9H,3-6,10H2. The number of ketones is 1. The number of hydrogen-bond acceptors (Lipinski definition) is 3. The molecule has 1 spiro atoms. The first-order valence-corrected chi connectivity index (χ1v) is 9.49. The Balaban J connectivity index is 1.52. The molecule has 2 aromatic carbocycles. The average molecular weight is 426 g/mol. The van der Waals surface area contributed by atoms with Gasteiger partial charge in [0, 0.05) is 37.0 Å². The molecule has 2 aliphatic rings. The molecule has 0 aliphatic carbocycles.